The summed E-state index contributed by atoms with van der Waals surface area (Å²) in [5, 5.41) is 4.70. The highest BCUT2D eigenvalue weighted by molar-refractivity contribution is 5.32. The maximum absolute atomic E-state index is 5.71. The van der Waals surface area contributed by atoms with Crippen LogP contribution >= 0.6 is 0 Å². The normalized spacial score (nSPS) is 20.2. The van der Waals surface area contributed by atoms with Crippen LogP contribution in [0.1, 0.15) is 62.0 Å². The second-order valence-corrected chi connectivity index (χ2v) is 5.15. The molecule has 0 bridgehead atoms. The number of hydrogen-bond donors (Lipinski definition) is 1. The second kappa shape index (κ2) is 4.58. The summed E-state index contributed by atoms with van der Waals surface area (Å²) in [5.74, 6) is 0.654. The molecule has 0 amide bonds. The first-order valence-electron chi connectivity index (χ1n) is 6.43. The van der Waals surface area contributed by atoms with Gasteiger partial charge >= 0.3 is 0 Å². The van der Waals surface area contributed by atoms with Crippen molar-refractivity contribution < 1.29 is 0 Å². The van der Waals surface area contributed by atoms with Crippen LogP contribution in [0.4, 0.5) is 0 Å². The van der Waals surface area contributed by atoms with Gasteiger partial charge in [0.05, 0.1) is 5.69 Å². The summed E-state index contributed by atoms with van der Waals surface area (Å²) in [5.41, 5.74) is 9.90. The molecule has 1 atom stereocenters. The van der Waals surface area contributed by atoms with Gasteiger partial charge in [0.15, 0.2) is 0 Å². The molecule has 16 heavy (non-hydrogen) atoms. The van der Waals surface area contributed by atoms with Crippen LogP contribution in [0, 0.1) is 6.92 Å². The molecule has 1 unspecified atom stereocenters. The lowest BCUT2D eigenvalue weighted by Gasteiger charge is -2.24. The van der Waals surface area contributed by atoms with Crippen LogP contribution in [0.15, 0.2) is 0 Å². The number of fused-ring (bicyclic) bond motifs is 1. The fraction of sp³-hybridized carbons (Fsp3) is 0.769. The molecule has 1 aliphatic rings. The summed E-state index contributed by atoms with van der Waals surface area (Å²) in [4.78, 5) is 0. The SMILES string of the molecule is Cc1nn(C(C)C)c2c1C(CCN)CCC2. The predicted molar refractivity (Wildman–Crippen MR) is 66.7 cm³/mol. The van der Waals surface area contributed by atoms with Crippen molar-refractivity contribution in [1.82, 2.24) is 9.78 Å². The Labute approximate surface area is 98.0 Å². The molecule has 1 heterocycles. The van der Waals surface area contributed by atoms with Gasteiger partial charge in [0.1, 0.15) is 0 Å². The molecule has 2 N–H and O–H groups in total. The Morgan fingerprint density at radius 1 is 1.50 bits per heavy atom. The van der Waals surface area contributed by atoms with Crippen LogP contribution in [-0.2, 0) is 6.42 Å². The Morgan fingerprint density at radius 3 is 2.88 bits per heavy atom. The van der Waals surface area contributed by atoms with Crippen LogP contribution in [0.5, 0.6) is 0 Å². The van der Waals surface area contributed by atoms with Crippen LogP contribution in [0.3, 0.4) is 0 Å². The molecule has 0 radical (unpaired) electrons. The highest BCUT2D eigenvalue weighted by Crippen LogP contribution is 2.36. The van der Waals surface area contributed by atoms with Gasteiger partial charge in [-0.1, -0.05) is 0 Å². The van der Waals surface area contributed by atoms with E-state index in [2.05, 4.69) is 25.5 Å². The van der Waals surface area contributed by atoms with E-state index in [1.54, 1.807) is 0 Å². The van der Waals surface area contributed by atoms with E-state index in [0.29, 0.717) is 12.0 Å². The molecule has 0 aromatic carbocycles. The maximum Gasteiger partial charge on any atom is 0.0631 e. The van der Waals surface area contributed by atoms with E-state index in [9.17, 15) is 0 Å². The van der Waals surface area contributed by atoms with Crippen molar-refractivity contribution in [3.63, 3.8) is 0 Å². The van der Waals surface area contributed by atoms with E-state index in [1.165, 1.54) is 36.2 Å². The maximum atomic E-state index is 5.71. The molecule has 1 aliphatic carbocycles. The van der Waals surface area contributed by atoms with Gasteiger partial charge in [-0.3, -0.25) is 4.68 Å². The quantitative estimate of drug-likeness (QED) is 0.852. The van der Waals surface area contributed by atoms with Gasteiger partial charge < -0.3 is 5.73 Å². The first-order chi connectivity index (χ1) is 7.65. The third kappa shape index (κ3) is 1.88. The third-order valence-electron chi connectivity index (χ3n) is 3.61. The van der Waals surface area contributed by atoms with Crippen LogP contribution in [0.2, 0.25) is 0 Å². The Hall–Kier alpha value is -0.830. The average molecular weight is 221 g/mol. The van der Waals surface area contributed by atoms with E-state index >= 15 is 0 Å². The zero-order valence-corrected chi connectivity index (χ0v) is 10.7. The van der Waals surface area contributed by atoms with Gasteiger partial charge in [-0.25, -0.2) is 0 Å². The number of rotatable bonds is 3. The molecular weight excluding hydrogens is 198 g/mol. The van der Waals surface area contributed by atoms with Crippen molar-refractivity contribution >= 4 is 0 Å². The van der Waals surface area contributed by atoms with Crippen molar-refractivity contribution in [2.75, 3.05) is 6.54 Å². The lowest BCUT2D eigenvalue weighted by Crippen LogP contribution is -2.16. The summed E-state index contributed by atoms with van der Waals surface area (Å²) >= 11 is 0. The summed E-state index contributed by atoms with van der Waals surface area (Å²) in [7, 11) is 0. The fourth-order valence-electron chi connectivity index (χ4n) is 2.97. The Balaban J connectivity index is 2.40. The van der Waals surface area contributed by atoms with Gasteiger partial charge in [0, 0.05) is 11.7 Å². The van der Waals surface area contributed by atoms with Crippen molar-refractivity contribution in [3.05, 3.63) is 17.0 Å². The van der Waals surface area contributed by atoms with E-state index < -0.39 is 0 Å². The molecule has 0 aliphatic heterocycles. The largest absolute Gasteiger partial charge is 0.330 e. The van der Waals surface area contributed by atoms with Crippen LogP contribution in [0.25, 0.3) is 0 Å². The zero-order chi connectivity index (χ0) is 11.7. The smallest absolute Gasteiger partial charge is 0.0631 e. The minimum atomic E-state index is 0.471. The molecule has 1 aromatic heterocycles. The lowest BCUT2D eigenvalue weighted by molar-refractivity contribution is 0.469. The van der Waals surface area contributed by atoms with Gasteiger partial charge in [0.25, 0.3) is 0 Å². The number of hydrogen-bond acceptors (Lipinski definition) is 2. The van der Waals surface area contributed by atoms with Gasteiger partial charge in [0.2, 0.25) is 0 Å². The second-order valence-electron chi connectivity index (χ2n) is 5.15. The van der Waals surface area contributed by atoms with Crippen LogP contribution in [-0.4, -0.2) is 16.3 Å². The number of nitrogens with zero attached hydrogens (tertiary/aromatic N) is 2. The zero-order valence-electron chi connectivity index (χ0n) is 10.7. The Morgan fingerprint density at radius 2 is 2.25 bits per heavy atom. The summed E-state index contributed by atoms with van der Waals surface area (Å²) in [6, 6.07) is 0.471. The molecule has 0 fully saturated rings. The molecule has 1 aromatic rings. The monoisotopic (exact) mass is 221 g/mol. The van der Waals surface area contributed by atoms with E-state index in [0.717, 1.165) is 13.0 Å². The van der Waals surface area contributed by atoms with Gasteiger partial charge in [-0.15, -0.1) is 0 Å². The molecule has 2 rings (SSSR count). The Bertz CT molecular complexity index is 365. The van der Waals surface area contributed by atoms with Crippen molar-refractivity contribution in [2.45, 2.75) is 58.4 Å². The first-order valence-corrected chi connectivity index (χ1v) is 6.43. The van der Waals surface area contributed by atoms with E-state index in [1.807, 2.05) is 0 Å². The first kappa shape index (κ1) is 11.6. The van der Waals surface area contributed by atoms with E-state index in [4.69, 9.17) is 10.8 Å². The molecule has 3 heteroatoms. The number of aromatic nitrogens is 2. The standard InChI is InChI=1S/C13H23N3/c1-9(2)16-12-6-4-5-11(7-8-14)13(12)10(3)15-16/h9,11H,4-8,14H2,1-3H3. The predicted octanol–water partition coefficient (Wildman–Crippen LogP) is 2.54. The summed E-state index contributed by atoms with van der Waals surface area (Å²) < 4.78 is 2.22. The summed E-state index contributed by atoms with van der Waals surface area (Å²) in [6.45, 7) is 7.35. The lowest BCUT2D eigenvalue weighted by atomic mass is 9.83. The van der Waals surface area contributed by atoms with E-state index in [-0.39, 0.29) is 0 Å². The van der Waals surface area contributed by atoms with Crippen molar-refractivity contribution in [1.29, 1.82) is 0 Å². The minimum absolute atomic E-state index is 0.471. The third-order valence-corrected chi connectivity index (χ3v) is 3.61. The molecular formula is C13H23N3. The van der Waals surface area contributed by atoms with Crippen molar-refractivity contribution in [2.24, 2.45) is 5.73 Å². The van der Waals surface area contributed by atoms with Gasteiger partial charge in [-0.2, -0.15) is 5.10 Å². The molecule has 0 spiro atoms. The Kier molecular flexibility index (Phi) is 3.33. The fourth-order valence-corrected chi connectivity index (χ4v) is 2.97. The van der Waals surface area contributed by atoms with Crippen molar-refractivity contribution in [3.8, 4) is 0 Å². The highest BCUT2D eigenvalue weighted by atomic mass is 15.3. The van der Waals surface area contributed by atoms with Crippen LogP contribution < -0.4 is 5.73 Å². The number of nitrogens with two attached hydrogens (primary N) is 1. The molecule has 3 nitrogen and oxygen atoms in total. The average Bonchev–Trinajstić information content (AvgIpc) is 2.58. The molecule has 0 saturated carbocycles. The highest BCUT2D eigenvalue weighted by Gasteiger charge is 2.26. The number of aryl methyl sites for hydroxylation is 1. The minimum Gasteiger partial charge on any atom is -0.330 e. The molecule has 90 valence electrons. The molecule has 0 saturated heterocycles. The summed E-state index contributed by atoms with van der Waals surface area (Å²) in [6.07, 6.45) is 4.87. The van der Waals surface area contributed by atoms with Gasteiger partial charge in [-0.05, 0) is 64.5 Å². The topological polar surface area (TPSA) is 43.8 Å².